The number of methoxy groups -OCH3 is 1. The zero-order valence-corrected chi connectivity index (χ0v) is 10.1. The van der Waals surface area contributed by atoms with Gasteiger partial charge in [0, 0.05) is 13.3 Å². The second-order valence-corrected chi connectivity index (χ2v) is 3.81. The number of rotatable bonds is 3. The van der Waals surface area contributed by atoms with Gasteiger partial charge in [0.1, 0.15) is 11.5 Å². The molecule has 0 radical (unpaired) electrons. The summed E-state index contributed by atoms with van der Waals surface area (Å²) in [6.45, 7) is 3.71. The predicted molar refractivity (Wildman–Crippen MR) is 60.8 cm³/mol. The van der Waals surface area contributed by atoms with Crippen molar-refractivity contribution in [3.05, 3.63) is 23.7 Å². The molecule has 17 heavy (non-hydrogen) atoms. The third-order valence-corrected chi connectivity index (χ3v) is 2.66. The summed E-state index contributed by atoms with van der Waals surface area (Å²) >= 11 is 0. The number of carbonyl (C=O) groups excluding carboxylic acids is 1. The van der Waals surface area contributed by atoms with Crippen molar-refractivity contribution >= 4 is 11.9 Å². The number of esters is 1. The summed E-state index contributed by atoms with van der Waals surface area (Å²) in [5, 5.41) is 0. The third-order valence-electron chi connectivity index (χ3n) is 2.66. The quantitative estimate of drug-likeness (QED) is 0.753. The molecule has 92 valence electrons. The average Bonchev–Trinajstić information content (AvgIpc) is 2.93. The summed E-state index contributed by atoms with van der Waals surface area (Å²) in [5.74, 6) is 1.52. The van der Waals surface area contributed by atoms with Crippen LogP contribution in [0.2, 0.25) is 0 Å². The van der Waals surface area contributed by atoms with E-state index in [1.54, 1.807) is 6.92 Å². The van der Waals surface area contributed by atoms with Crippen LogP contribution in [-0.4, -0.2) is 25.0 Å². The first kappa shape index (κ1) is 11.7. The fraction of sp³-hybridized carbons (Fsp3) is 0.500. The fourth-order valence-corrected chi connectivity index (χ4v) is 1.79. The standard InChI is InChI=1S/C12H15NO4/c1-4-8-5-6-9(17-8)11-10(12(14)15-3)13-7(2)16-11/h5-6,10-11H,4H2,1-3H3. The molecule has 2 rings (SSSR count). The van der Waals surface area contributed by atoms with Gasteiger partial charge in [0.2, 0.25) is 0 Å². The smallest absolute Gasteiger partial charge is 0.335 e. The topological polar surface area (TPSA) is 61.0 Å². The van der Waals surface area contributed by atoms with Crippen LogP contribution in [0.5, 0.6) is 0 Å². The predicted octanol–water partition coefficient (Wildman–Crippen LogP) is 1.87. The summed E-state index contributed by atoms with van der Waals surface area (Å²) in [7, 11) is 1.34. The molecule has 5 heteroatoms. The van der Waals surface area contributed by atoms with Gasteiger partial charge in [-0.05, 0) is 12.1 Å². The first-order valence-corrected chi connectivity index (χ1v) is 5.53. The van der Waals surface area contributed by atoms with E-state index >= 15 is 0 Å². The Morgan fingerprint density at radius 2 is 2.29 bits per heavy atom. The van der Waals surface area contributed by atoms with Crippen molar-refractivity contribution in [3.8, 4) is 0 Å². The zero-order chi connectivity index (χ0) is 12.4. The van der Waals surface area contributed by atoms with Gasteiger partial charge in [-0.15, -0.1) is 0 Å². The maximum atomic E-state index is 11.6. The molecule has 1 aromatic rings. The van der Waals surface area contributed by atoms with E-state index in [-0.39, 0.29) is 0 Å². The van der Waals surface area contributed by atoms with Crippen molar-refractivity contribution in [3.63, 3.8) is 0 Å². The molecule has 5 nitrogen and oxygen atoms in total. The molecular weight excluding hydrogens is 222 g/mol. The lowest BCUT2D eigenvalue weighted by Gasteiger charge is -2.13. The number of hydrogen-bond donors (Lipinski definition) is 0. The summed E-state index contributed by atoms with van der Waals surface area (Å²) in [6, 6.07) is 3.02. The van der Waals surface area contributed by atoms with Gasteiger partial charge in [0.25, 0.3) is 0 Å². The second-order valence-electron chi connectivity index (χ2n) is 3.81. The molecule has 0 saturated carbocycles. The zero-order valence-electron chi connectivity index (χ0n) is 10.1. The van der Waals surface area contributed by atoms with Gasteiger partial charge in [-0.2, -0.15) is 0 Å². The highest BCUT2D eigenvalue weighted by molar-refractivity contribution is 5.85. The minimum absolute atomic E-state index is 0.415. The van der Waals surface area contributed by atoms with Crippen LogP contribution in [0.3, 0.4) is 0 Å². The van der Waals surface area contributed by atoms with Crippen molar-refractivity contribution in [2.45, 2.75) is 32.4 Å². The van der Waals surface area contributed by atoms with Crippen molar-refractivity contribution in [2.24, 2.45) is 4.99 Å². The Morgan fingerprint density at radius 1 is 1.53 bits per heavy atom. The molecule has 0 aliphatic carbocycles. The molecule has 0 spiro atoms. The Labute approximate surface area is 99.4 Å². The number of ether oxygens (including phenoxy) is 2. The SMILES string of the molecule is CCc1ccc(C2OC(C)=NC2C(=O)OC)o1. The number of nitrogens with zero attached hydrogens (tertiary/aromatic N) is 1. The number of aryl methyl sites for hydroxylation is 1. The van der Waals surface area contributed by atoms with Crippen molar-refractivity contribution in [1.29, 1.82) is 0 Å². The highest BCUT2D eigenvalue weighted by Gasteiger charge is 2.39. The van der Waals surface area contributed by atoms with Crippen LogP contribution in [0, 0.1) is 0 Å². The molecule has 0 aromatic carbocycles. The van der Waals surface area contributed by atoms with E-state index in [4.69, 9.17) is 13.9 Å². The van der Waals surface area contributed by atoms with Crippen LogP contribution < -0.4 is 0 Å². The average molecular weight is 237 g/mol. The number of carbonyl (C=O) groups is 1. The lowest BCUT2D eigenvalue weighted by atomic mass is 10.1. The lowest BCUT2D eigenvalue weighted by Crippen LogP contribution is -2.24. The van der Waals surface area contributed by atoms with Crippen LogP contribution >= 0.6 is 0 Å². The summed E-state index contributed by atoms with van der Waals surface area (Å²) in [4.78, 5) is 15.7. The van der Waals surface area contributed by atoms with Gasteiger partial charge in [-0.3, -0.25) is 0 Å². The minimum atomic E-state index is -0.671. The number of furan rings is 1. The van der Waals surface area contributed by atoms with Gasteiger partial charge in [-0.1, -0.05) is 6.92 Å². The van der Waals surface area contributed by atoms with E-state index in [9.17, 15) is 4.79 Å². The third kappa shape index (κ3) is 2.18. The molecule has 1 aromatic heterocycles. The number of hydrogen-bond acceptors (Lipinski definition) is 5. The van der Waals surface area contributed by atoms with Gasteiger partial charge in [0.15, 0.2) is 18.0 Å². The highest BCUT2D eigenvalue weighted by Crippen LogP contribution is 2.31. The molecule has 0 bridgehead atoms. The van der Waals surface area contributed by atoms with Crippen LogP contribution in [0.25, 0.3) is 0 Å². The van der Waals surface area contributed by atoms with Crippen molar-refractivity contribution in [1.82, 2.24) is 0 Å². The van der Waals surface area contributed by atoms with Crippen molar-refractivity contribution < 1.29 is 18.7 Å². The minimum Gasteiger partial charge on any atom is -0.467 e. The van der Waals surface area contributed by atoms with Gasteiger partial charge >= 0.3 is 5.97 Å². The van der Waals surface area contributed by atoms with Gasteiger partial charge in [0.05, 0.1) is 7.11 Å². The lowest BCUT2D eigenvalue weighted by molar-refractivity contribution is -0.144. The molecule has 0 amide bonds. The summed E-state index contributed by atoms with van der Waals surface area (Å²) in [5.41, 5.74) is 0. The summed E-state index contributed by atoms with van der Waals surface area (Å²) < 4.78 is 15.8. The van der Waals surface area contributed by atoms with Crippen LogP contribution in [0.15, 0.2) is 21.5 Å². The maximum absolute atomic E-state index is 11.6. The Hall–Kier alpha value is -1.78. The molecule has 2 atom stereocenters. The second kappa shape index (κ2) is 4.61. The molecular formula is C12H15NO4. The fourth-order valence-electron chi connectivity index (χ4n) is 1.79. The number of aliphatic imine (C=N–C) groups is 1. The van der Waals surface area contributed by atoms with Gasteiger partial charge < -0.3 is 13.9 Å². The van der Waals surface area contributed by atoms with E-state index in [0.717, 1.165) is 12.2 Å². The van der Waals surface area contributed by atoms with Gasteiger partial charge in [-0.25, -0.2) is 9.79 Å². The van der Waals surface area contributed by atoms with Crippen LogP contribution in [0.4, 0.5) is 0 Å². The largest absolute Gasteiger partial charge is 0.467 e. The van der Waals surface area contributed by atoms with E-state index < -0.39 is 18.1 Å². The van der Waals surface area contributed by atoms with Crippen molar-refractivity contribution in [2.75, 3.05) is 7.11 Å². The highest BCUT2D eigenvalue weighted by atomic mass is 16.5. The molecule has 1 aliphatic heterocycles. The molecule has 2 unspecified atom stereocenters. The van der Waals surface area contributed by atoms with E-state index in [1.165, 1.54) is 7.11 Å². The normalized spacial score (nSPS) is 23.1. The van der Waals surface area contributed by atoms with E-state index in [1.807, 2.05) is 19.1 Å². The Kier molecular flexibility index (Phi) is 3.17. The molecule has 2 heterocycles. The Bertz CT molecular complexity index is 449. The Balaban J connectivity index is 2.23. The van der Waals surface area contributed by atoms with Crippen LogP contribution in [-0.2, 0) is 20.7 Å². The van der Waals surface area contributed by atoms with E-state index in [0.29, 0.717) is 11.7 Å². The Morgan fingerprint density at radius 3 is 2.88 bits per heavy atom. The molecule has 0 N–H and O–H groups in total. The maximum Gasteiger partial charge on any atom is 0.335 e. The monoisotopic (exact) mass is 237 g/mol. The summed E-state index contributed by atoms with van der Waals surface area (Å²) in [6.07, 6.45) is 0.290. The molecule has 0 fully saturated rings. The first-order chi connectivity index (χ1) is 8.15. The van der Waals surface area contributed by atoms with E-state index in [2.05, 4.69) is 4.99 Å². The molecule has 0 saturated heterocycles. The van der Waals surface area contributed by atoms with Crippen LogP contribution in [0.1, 0.15) is 31.5 Å². The molecule has 1 aliphatic rings. The first-order valence-electron chi connectivity index (χ1n) is 5.53.